The van der Waals surface area contributed by atoms with Gasteiger partial charge >= 0.3 is 6.61 Å². The van der Waals surface area contributed by atoms with Gasteiger partial charge in [-0.15, -0.1) is 0 Å². The molecule has 1 aromatic rings. The third kappa shape index (κ3) is 4.73. The van der Waals surface area contributed by atoms with Gasteiger partial charge in [-0.3, -0.25) is 4.79 Å². The minimum atomic E-state index is -3.15. The summed E-state index contributed by atoms with van der Waals surface area (Å²) in [7, 11) is 0. The van der Waals surface area contributed by atoms with Gasteiger partial charge in [0.15, 0.2) is 11.6 Å². The molecule has 3 N–H and O–H groups in total. The number of halogens is 3. The number of benzene rings is 1. The molecule has 0 fully saturated rings. The zero-order valence-electron chi connectivity index (χ0n) is 11.8. The molecule has 0 radical (unpaired) electrons. The lowest BCUT2D eigenvalue weighted by molar-refractivity contribution is -0.128. The van der Waals surface area contributed by atoms with Crippen molar-refractivity contribution in [3.05, 3.63) is 17.9 Å². The maximum Gasteiger partial charge on any atom is 0.387 e. The average Bonchev–Trinajstić information content (AvgIpc) is 2.41. The van der Waals surface area contributed by atoms with Gasteiger partial charge in [-0.2, -0.15) is 8.78 Å². The van der Waals surface area contributed by atoms with Crippen molar-refractivity contribution in [2.24, 2.45) is 0 Å². The first-order valence-electron chi connectivity index (χ1n) is 6.44. The number of nitrogens with two attached hydrogens (primary N) is 1. The fourth-order valence-electron chi connectivity index (χ4n) is 1.77. The van der Waals surface area contributed by atoms with E-state index in [0.717, 1.165) is 12.1 Å². The summed E-state index contributed by atoms with van der Waals surface area (Å²) in [5.41, 5.74) is 5.74. The van der Waals surface area contributed by atoms with E-state index in [-0.39, 0.29) is 23.8 Å². The van der Waals surface area contributed by atoms with Crippen LogP contribution in [0.25, 0.3) is 0 Å². The zero-order chi connectivity index (χ0) is 16.0. The van der Waals surface area contributed by atoms with E-state index in [1.54, 1.807) is 4.90 Å². The fourth-order valence-corrected chi connectivity index (χ4v) is 1.77. The Morgan fingerprint density at radius 1 is 1.38 bits per heavy atom. The van der Waals surface area contributed by atoms with Crippen LogP contribution >= 0.6 is 0 Å². The molecule has 0 aliphatic carbocycles. The van der Waals surface area contributed by atoms with Crippen LogP contribution in [0.2, 0.25) is 0 Å². The van der Waals surface area contributed by atoms with Crippen molar-refractivity contribution in [3.8, 4) is 5.75 Å². The van der Waals surface area contributed by atoms with Crippen LogP contribution < -0.4 is 15.8 Å². The number of carbonyl (C=O) groups is 1. The lowest BCUT2D eigenvalue weighted by Crippen LogP contribution is -2.35. The van der Waals surface area contributed by atoms with E-state index in [4.69, 9.17) is 5.73 Å². The lowest BCUT2D eigenvalue weighted by Gasteiger charge is -2.19. The van der Waals surface area contributed by atoms with Crippen molar-refractivity contribution in [2.45, 2.75) is 20.5 Å². The van der Waals surface area contributed by atoms with Gasteiger partial charge in [0.05, 0.1) is 17.9 Å². The van der Waals surface area contributed by atoms with E-state index in [2.05, 4.69) is 10.1 Å². The summed E-state index contributed by atoms with van der Waals surface area (Å²) in [6.45, 7) is 1.55. The molecule has 118 valence electrons. The van der Waals surface area contributed by atoms with E-state index in [0.29, 0.717) is 13.1 Å². The predicted octanol–water partition coefficient (Wildman–Crippen LogP) is 2.29. The molecule has 1 rings (SSSR count). The Morgan fingerprint density at radius 2 is 2.00 bits per heavy atom. The number of hydrogen-bond donors (Lipinski definition) is 2. The van der Waals surface area contributed by atoms with Crippen LogP contribution in [0.3, 0.4) is 0 Å². The van der Waals surface area contributed by atoms with Crippen LogP contribution in [0.5, 0.6) is 5.75 Å². The molecule has 0 atom stereocenters. The highest BCUT2D eigenvalue weighted by Gasteiger charge is 2.15. The first-order valence-corrected chi connectivity index (χ1v) is 6.44. The number of ether oxygens (including phenoxy) is 1. The van der Waals surface area contributed by atoms with E-state index in [1.807, 2.05) is 13.8 Å². The molecule has 8 heteroatoms. The van der Waals surface area contributed by atoms with Crippen molar-refractivity contribution in [1.29, 1.82) is 0 Å². The summed E-state index contributed by atoms with van der Waals surface area (Å²) < 4.78 is 41.7. The number of anilines is 2. The van der Waals surface area contributed by atoms with Gasteiger partial charge in [-0.25, -0.2) is 4.39 Å². The molecule has 0 aliphatic heterocycles. The second-order valence-corrected chi connectivity index (χ2v) is 4.17. The summed E-state index contributed by atoms with van der Waals surface area (Å²) >= 11 is 0. The van der Waals surface area contributed by atoms with Crippen molar-refractivity contribution >= 4 is 17.3 Å². The van der Waals surface area contributed by atoms with Gasteiger partial charge in [0.2, 0.25) is 5.91 Å². The Morgan fingerprint density at radius 3 is 2.52 bits per heavy atom. The number of alkyl halides is 2. The second-order valence-electron chi connectivity index (χ2n) is 4.17. The Bertz CT molecular complexity index is 494. The molecule has 1 aromatic carbocycles. The normalized spacial score (nSPS) is 10.6. The fraction of sp³-hybridized carbons (Fsp3) is 0.462. The van der Waals surface area contributed by atoms with E-state index >= 15 is 0 Å². The van der Waals surface area contributed by atoms with Crippen LogP contribution in [-0.2, 0) is 4.79 Å². The van der Waals surface area contributed by atoms with Gasteiger partial charge in [0.25, 0.3) is 0 Å². The van der Waals surface area contributed by atoms with E-state index in [1.165, 1.54) is 0 Å². The summed E-state index contributed by atoms with van der Waals surface area (Å²) in [6.07, 6.45) is 0. The standard InChI is InChI=1S/C13H18F3N3O2/c1-3-19(4-2)12(20)7-18-10-6-11(21-13(15)16)8(14)5-9(10)17/h5-6,13,18H,3-4,7,17H2,1-2H3. The lowest BCUT2D eigenvalue weighted by atomic mass is 10.2. The highest BCUT2D eigenvalue weighted by Crippen LogP contribution is 2.29. The average molecular weight is 305 g/mol. The topological polar surface area (TPSA) is 67.6 Å². The van der Waals surface area contributed by atoms with Gasteiger partial charge in [0, 0.05) is 25.2 Å². The molecule has 0 aliphatic rings. The number of hydrogen-bond acceptors (Lipinski definition) is 4. The molecule has 21 heavy (non-hydrogen) atoms. The second kappa shape index (κ2) is 7.61. The Kier molecular flexibility index (Phi) is 6.13. The monoisotopic (exact) mass is 305 g/mol. The minimum Gasteiger partial charge on any atom is -0.432 e. The van der Waals surface area contributed by atoms with Gasteiger partial charge < -0.3 is 20.7 Å². The number of amides is 1. The number of nitrogens with zero attached hydrogens (tertiary/aromatic N) is 1. The number of nitrogens with one attached hydrogen (secondary N) is 1. The van der Waals surface area contributed by atoms with Crippen LogP contribution in [-0.4, -0.2) is 37.1 Å². The highest BCUT2D eigenvalue weighted by molar-refractivity contribution is 5.82. The van der Waals surface area contributed by atoms with E-state index < -0.39 is 18.2 Å². The molecule has 0 heterocycles. The van der Waals surface area contributed by atoms with Crippen molar-refractivity contribution in [2.75, 3.05) is 30.7 Å². The van der Waals surface area contributed by atoms with Crippen molar-refractivity contribution in [3.63, 3.8) is 0 Å². The Labute approximate surface area is 120 Å². The third-order valence-corrected chi connectivity index (χ3v) is 2.87. The number of carbonyl (C=O) groups excluding carboxylic acids is 1. The maximum absolute atomic E-state index is 13.4. The zero-order valence-corrected chi connectivity index (χ0v) is 11.8. The molecule has 5 nitrogen and oxygen atoms in total. The number of likely N-dealkylation sites (N-methyl/N-ethyl adjacent to an activating group) is 1. The molecule has 0 saturated heterocycles. The summed E-state index contributed by atoms with van der Waals surface area (Å²) in [6, 6.07) is 1.87. The van der Waals surface area contributed by atoms with Gasteiger partial charge in [-0.05, 0) is 13.8 Å². The number of rotatable bonds is 7. The Hall–Kier alpha value is -2.12. The van der Waals surface area contributed by atoms with E-state index in [9.17, 15) is 18.0 Å². The SMILES string of the molecule is CCN(CC)C(=O)CNc1cc(OC(F)F)c(F)cc1N. The summed E-state index contributed by atoms with van der Waals surface area (Å²) in [4.78, 5) is 13.4. The van der Waals surface area contributed by atoms with Crippen LogP contribution in [0.4, 0.5) is 24.5 Å². The molecule has 0 unspecified atom stereocenters. The molecular formula is C13H18F3N3O2. The summed E-state index contributed by atoms with van der Waals surface area (Å²) in [5.74, 6) is -1.80. The third-order valence-electron chi connectivity index (χ3n) is 2.87. The van der Waals surface area contributed by atoms with Crippen molar-refractivity contribution in [1.82, 2.24) is 4.90 Å². The maximum atomic E-state index is 13.4. The van der Waals surface area contributed by atoms with Crippen LogP contribution in [0.1, 0.15) is 13.8 Å². The molecule has 0 aromatic heterocycles. The molecule has 0 spiro atoms. The molecule has 0 saturated carbocycles. The van der Waals surface area contributed by atoms with Gasteiger partial charge in [-0.1, -0.05) is 0 Å². The molecular weight excluding hydrogens is 287 g/mol. The van der Waals surface area contributed by atoms with Crippen LogP contribution in [0, 0.1) is 5.82 Å². The largest absolute Gasteiger partial charge is 0.432 e. The predicted molar refractivity (Wildman–Crippen MR) is 73.9 cm³/mol. The quantitative estimate of drug-likeness (QED) is 0.759. The highest BCUT2D eigenvalue weighted by atomic mass is 19.3. The summed E-state index contributed by atoms with van der Waals surface area (Å²) in [5, 5.41) is 2.69. The van der Waals surface area contributed by atoms with Crippen molar-refractivity contribution < 1.29 is 22.7 Å². The smallest absolute Gasteiger partial charge is 0.387 e. The van der Waals surface area contributed by atoms with Gasteiger partial charge in [0.1, 0.15) is 0 Å². The molecule has 0 bridgehead atoms. The van der Waals surface area contributed by atoms with Crippen LogP contribution in [0.15, 0.2) is 12.1 Å². The molecule has 1 amide bonds. The first kappa shape index (κ1) is 16.9. The number of nitrogen functional groups attached to an aromatic ring is 1. The first-order chi connectivity index (χ1) is 9.88. The minimum absolute atomic E-state index is 0.00135. The Balaban J connectivity index is 2.81.